The van der Waals surface area contributed by atoms with Gasteiger partial charge in [-0.3, -0.25) is 0 Å². The quantitative estimate of drug-likeness (QED) is 0.876. The van der Waals surface area contributed by atoms with Crippen molar-refractivity contribution in [3.8, 4) is 0 Å². The second kappa shape index (κ2) is 6.42. The van der Waals surface area contributed by atoms with Gasteiger partial charge in [-0.05, 0) is 32.3 Å². The lowest BCUT2D eigenvalue weighted by Gasteiger charge is -2.28. The summed E-state index contributed by atoms with van der Waals surface area (Å²) in [5.74, 6) is 0. The molecule has 0 aliphatic carbocycles. The van der Waals surface area contributed by atoms with Gasteiger partial charge in [-0.2, -0.15) is 0 Å². The number of nitrogens with one attached hydrogen (secondary N) is 1. The third-order valence-electron chi connectivity index (χ3n) is 3.07. The smallest absolute Gasteiger partial charge is 0.174 e. The molecule has 5 heteroatoms. The third kappa shape index (κ3) is 4.36. The van der Waals surface area contributed by atoms with Gasteiger partial charge in [0.2, 0.25) is 0 Å². The van der Waals surface area contributed by atoms with Crippen LogP contribution in [-0.2, 0) is 6.42 Å². The Kier molecular flexibility index (Phi) is 4.84. The average Bonchev–Trinajstić information content (AvgIpc) is 2.42. The van der Waals surface area contributed by atoms with Gasteiger partial charge >= 0.3 is 0 Å². The number of anilines is 1. The molecule has 0 saturated heterocycles. The zero-order chi connectivity index (χ0) is 14.6. The first-order valence-corrected chi connectivity index (χ1v) is 7.23. The van der Waals surface area contributed by atoms with Gasteiger partial charge in [0.25, 0.3) is 0 Å². The summed E-state index contributed by atoms with van der Waals surface area (Å²) in [7, 11) is 0. The van der Waals surface area contributed by atoms with Crippen molar-refractivity contribution >= 4 is 28.9 Å². The van der Waals surface area contributed by atoms with Gasteiger partial charge in [0, 0.05) is 11.6 Å². The summed E-state index contributed by atoms with van der Waals surface area (Å²) in [5.41, 5.74) is 1.91. The van der Waals surface area contributed by atoms with E-state index >= 15 is 0 Å². The fourth-order valence-electron chi connectivity index (χ4n) is 1.97. The summed E-state index contributed by atoms with van der Waals surface area (Å²) in [6, 6.07) is 12.1. The van der Waals surface area contributed by atoms with Gasteiger partial charge in [0.05, 0.1) is 5.69 Å². The van der Waals surface area contributed by atoms with E-state index in [-0.39, 0.29) is 5.54 Å². The average molecular weight is 310 g/mol. The van der Waals surface area contributed by atoms with Crippen molar-refractivity contribution in [3.63, 3.8) is 0 Å². The number of aromatic nitrogens is 2. The van der Waals surface area contributed by atoms with E-state index in [4.69, 9.17) is 23.2 Å². The SMILES string of the molecule is CC(C)(CCc1ccccc1)Nc1cc(Cl)nnc1Cl. The van der Waals surface area contributed by atoms with Gasteiger partial charge in [0.15, 0.2) is 10.3 Å². The molecule has 0 amide bonds. The fraction of sp³-hybridized carbons (Fsp3) is 0.333. The van der Waals surface area contributed by atoms with Crippen LogP contribution in [0.1, 0.15) is 25.8 Å². The van der Waals surface area contributed by atoms with Crippen LogP contribution in [0, 0.1) is 0 Å². The molecule has 0 saturated carbocycles. The normalized spacial score (nSPS) is 11.4. The Morgan fingerprint density at radius 3 is 2.50 bits per heavy atom. The number of rotatable bonds is 5. The standard InChI is InChI=1S/C15H17Cl2N3/c1-15(2,9-8-11-6-4-3-5-7-11)18-12-10-13(16)19-20-14(12)17/h3-7,10H,8-9H2,1-2H3,(H,18,19). The summed E-state index contributed by atoms with van der Waals surface area (Å²) in [4.78, 5) is 0. The molecule has 0 fully saturated rings. The third-order valence-corrected chi connectivity index (χ3v) is 3.54. The molecule has 2 rings (SSSR count). The van der Waals surface area contributed by atoms with E-state index in [1.165, 1.54) is 5.56 Å². The summed E-state index contributed by atoms with van der Waals surface area (Å²) in [5, 5.41) is 11.6. The van der Waals surface area contributed by atoms with Gasteiger partial charge in [-0.25, -0.2) is 0 Å². The first-order chi connectivity index (χ1) is 9.46. The van der Waals surface area contributed by atoms with Crippen molar-refractivity contribution in [1.82, 2.24) is 10.2 Å². The topological polar surface area (TPSA) is 37.8 Å². The number of halogens is 2. The Bertz CT molecular complexity index is 571. The highest BCUT2D eigenvalue weighted by atomic mass is 35.5. The molecule has 20 heavy (non-hydrogen) atoms. The minimum atomic E-state index is -0.119. The minimum absolute atomic E-state index is 0.119. The molecule has 0 aliphatic heterocycles. The van der Waals surface area contributed by atoms with Crippen LogP contribution in [0.15, 0.2) is 36.4 Å². The Hall–Kier alpha value is -1.32. The molecule has 106 valence electrons. The predicted octanol–water partition coefficient (Wildman–Crippen LogP) is 4.61. The Morgan fingerprint density at radius 2 is 1.80 bits per heavy atom. The van der Waals surface area contributed by atoms with Gasteiger partial charge in [0.1, 0.15) is 0 Å². The molecule has 0 radical (unpaired) electrons. The van der Waals surface area contributed by atoms with Crippen LogP contribution in [0.4, 0.5) is 5.69 Å². The molecular weight excluding hydrogens is 293 g/mol. The molecule has 0 spiro atoms. The van der Waals surface area contributed by atoms with Crippen LogP contribution in [0.2, 0.25) is 10.3 Å². The minimum Gasteiger partial charge on any atom is -0.378 e. The molecule has 1 heterocycles. The Morgan fingerprint density at radius 1 is 1.10 bits per heavy atom. The first-order valence-electron chi connectivity index (χ1n) is 6.47. The lowest BCUT2D eigenvalue weighted by Crippen LogP contribution is -2.31. The first kappa shape index (κ1) is 15.1. The molecule has 1 aromatic heterocycles. The number of nitrogens with zero attached hydrogens (tertiary/aromatic N) is 2. The molecule has 1 aromatic carbocycles. The fourth-order valence-corrected chi connectivity index (χ4v) is 2.26. The van der Waals surface area contributed by atoms with Gasteiger partial charge in [-0.15, -0.1) is 10.2 Å². The van der Waals surface area contributed by atoms with Crippen molar-refractivity contribution in [1.29, 1.82) is 0 Å². The van der Waals surface area contributed by atoms with Crippen molar-refractivity contribution in [2.24, 2.45) is 0 Å². The van der Waals surface area contributed by atoms with Crippen molar-refractivity contribution in [2.75, 3.05) is 5.32 Å². The van der Waals surface area contributed by atoms with Crippen molar-refractivity contribution < 1.29 is 0 Å². The zero-order valence-electron chi connectivity index (χ0n) is 11.5. The Balaban J connectivity index is 2.01. The maximum Gasteiger partial charge on any atom is 0.174 e. The summed E-state index contributed by atoms with van der Waals surface area (Å²) >= 11 is 11.9. The van der Waals surface area contributed by atoms with E-state index in [1.54, 1.807) is 6.07 Å². The van der Waals surface area contributed by atoms with E-state index in [9.17, 15) is 0 Å². The van der Waals surface area contributed by atoms with Crippen molar-refractivity contribution in [3.05, 3.63) is 52.3 Å². The van der Waals surface area contributed by atoms with E-state index in [0.717, 1.165) is 12.8 Å². The molecule has 2 aromatic rings. The van der Waals surface area contributed by atoms with Crippen LogP contribution in [0.3, 0.4) is 0 Å². The molecule has 0 aliphatic rings. The lowest BCUT2D eigenvalue weighted by molar-refractivity contribution is 0.518. The summed E-state index contributed by atoms with van der Waals surface area (Å²) in [6.45, 7) is 4.25. The Labute approximate surface area is 129 Å². The highest BCUT2D eigenvalue weighted by Crippen LogP contribution is 2.26. The van der Waals surface area contributed by atoms with E-state index < -0.39 is 0 Å². The number of hydrogen-bond donors (Lipinski definition) is 1. The van der Waals surface area contributed by atoms with E-state index in [2.05, 4.69) is 53.6 Å². The molecule has 3 nitrogen and oxygen atoms in total. The number of benzene rings is 1. The molecule has 0 atom stereocenters. The van der Waals surface area contributed by atoms with Crippen LogP contribution < -0.4 is 5.32 Å². The van der Waals surface area contributed by atoms with E-state index in [1.807, 2.05) is 6.07 Å². The van der Waals surface area contributed by atoms with Crippen LogP contribution in [0.5, 0.6) is 0 Å². The number of aryl methyl sites for hydroxylation is 1. The van der Waals surface area contributed by atoms with Crippen LogP contribution >= 0.6 is 23.2 Å². The molecule has 0 unspecified atom stereocenters. The van der Waals surface area contributed by atoms with Crippen molar-refractivity contribution in [2.45, 2.75) is 32.2 Å². The van der Waals surface area contributed by atoms with Gasteiger partial charge < -0.3 is 5.32 Å². The largest absolute Gasteiger partial charge is 0.378 e. The predicted molar refractivity (Wildman–Crippen MR) is 84.5 cm³/mol. The maximum atomic E-state index is 6.02. The lowest BCUT2D eigenvalue weighted by atomic mass is 9.95. The highest BCUT2D eigenvalue weighted by molar-refractivity contribution is 6.33. The molecule has 1 N–H and O–H groups in total. The second-order valence-corrected chi connectivity index (χ2v) is 6.11. The monoisotopic (exact) mass is 309 g/mol. The number of hydrogen-bond acceptors (Lipinski definition) is 3. The highest BCUT2D eigenvalue weighted by Gasteiger charge is 2.19. The van der Waals surface area contributed by atoms with Gasteiger partial charge in [-0.1, -0.05) is 53.5 Å². The van der Waals surface area contributed by atoms with E-state index in [0.29, 0.717) is 16.0 Å². The molecule has 0 bridgehead atoms. The van der Waals surface area contributed by atoms with Crippen LogP contribution in [0.25, 0.3) is 0 Å². The summed E-state index contributed by atoms with van der Waals surface area (Å²) < 4.78 is 0. The maximum absolute atomic E-state index is 6.02. The second-order valence-electron chi connectivity index (χ2n) is 5.37. The van der Waals surface area contributed by atoms with Crippen LogP contribution in [-0.4, -0.2) is 15.7 Å². The summed E-state index contributed by atoms with van der Waals surface area (Å²) in [6.07, 6.45) is 1.96. The zero-order valence-corrected chi connectivity index (χ0v) is 13.0. The molecular formula is C15H17Cl2N3.